The molecule has 0 aliphatic carbocycles. The molecule has 30 heavy (non-hydrogen) atoms. The molecule has 158 valence electrons. The molecule has 0 atom stereocenters. The predicted octanol–water partition coefficient (Wildman–Crippen LogP) is 5.67. The SMILES string of the molecule is Cc1c(Br)cccc1NS(=O)(=O)c1ccc(NS(=O)(=O)c2cc(Cl)cc(Cl)c2)cc1. The van der Waals surface area contributed by atoms with E-state index in [9.17, 15) is 16.8 Å². The number of sulfonamides is 2. The van der Waals surface area contributed by atoms with Crippen molar-refractivity contribution in [1.82, 2.24) is 0 Å². The predicted molar refractivity (Wildman–Crippen MR) is 123 cm³/mol. The summed E-state index contributed by atoms with van der Waals surface area (Å²) in [6.07, 6.45) is 0. The number of halogens is 3. The minimum Gasteiger partial charge on any atom is -0.280 e. The Kier molecular flexibility index (Phi) is 6.69. The molecule has 0 aliphatic rings. The quantitative estimate of drug-likeness (QED) is 0.414. The van der Waals surface area contributed by atoms with Crippen LogP contribution in [0.4, 0.5) is 11.4 Å². The molecule has 0 amide bonds. The van der Waals surface area contributed by atoms with Gasteiger partial charge in [0.25, 0.3) is 20.0 Å². The Bertz CT molecular complexity index is 1290. The van der Waals surface area contributed by atoms with Crippen LogP contribution in [0.5, 0.6) is 0 Å². The number of rotatable bonds is 6. The van der Waals surface area contributed by atoms with Crippen LogP contribution in [-0.4, -0.2) is 16.8 Å². The smallest absolute Gasteiger partial charge is 0.261 e. The van der Waals surface area contributed by atoms with Crippen LogP contribution in [0, 0.1) is 6.92 Å². The molecular formula is C19H15BrCl2N2O4S2. The van der Waals surface area contributed by atoms with Gasteiger partial charge in [-0.15, -0.1) is 0 Å². The van der Waals surface area contributed by atoms with Crippen LogP contribution >= 0.6 is 39.1 Å². The van der Waals surface area contributed by atoms with Crippen molar-refractivity contribution in [1.29, 1.82) is 0 Å². The minimum absolute atomic E-state index is 0.0179. The van der Waals surface area contributed by atoms with Crippen molar-refractivity contribution in [2.75, 3.05) is 9.44 Å². The van der Waals surface area contributed by atoms with Gasteiger partial charge in [0.05, 0.1) is 15.5 Å². The Morgan fingerprint density at radius 1 is 0.767 bits per heavy atom. The van der Waals surface area contributed by atoms with Gasteiger partial charge >= 0.3 is 0 Å². The van der Waals surface area contributed by atoms with E-state index in [2.05, 4.69) is 25.4 Å². The first kappa shape index (κ1) is 22.9. The molecule has 0 aromatic heterocycles. The average Bonchev–Trinajstić information content (AvgIpc) is 2.65. The third-order valence-corrected chi connectivity index (χ3v) is 8.11. The van der Waals surface area contributed by atoms with E-state index in [0.29, 0.717) is 5.69 Å². The maximum absolute atomic E-state index is 12.7. The van der Waals surface area contributed by atoms with Crippen LogP contribution < -0.4 is 9.44 Å². The first-order valence-corrected chi connectivity index (χ1v) is 12.9. The van der Waals surface area contributed by atoms with E-state index in [1.807, 2.05) is 0 Å². The highest BCUT2D eigenvalue weighted by atomic mass is 79.9. The molecule has 0 fully saturated rings. The molecule has 0 unspecified atom stereocenters. The Hall–Kier alpha value is -1.78. The lowest BCUT2D eigenvalue weighted by molar-refractivity contribution is 0.600. The topological polar surface area (TPSA) is 92.3 Å². The van der Waals surface area contributed by atoms with Gasteiger partial charge in [0.15, 0.2) is 0 Å². The molecule has 0 spiro atoms. The second-order valence-corrected chi connectivity index (χ2v) is 11.3. The van der Waals surface area contributed by atoms with E-state index in [4.69, 9.17) is 23.2 Å². The van der Waals surface area contributed by atoms with Crippen molar-refractivity contribution in [2.45, 2.75) is 16.7 Å². The van der Waals surface area contributed by atoms with E-state index in [1.54, 1.807) is 25.1 Å². The Labute approximate surface area is 193 Å². The molecular weight excluding hydrogens is 535 g/mol. The van der Waals surface area contributed by atoms with Gasteiger partial charge in [-0.25, -0.2) is 16.8 Å². The number of hydrogen-bond acceptors (Lipinski definition) is 4. The van der Waals surface area contributed by atoms with Gasteiger partial charge in [-0.2, -0.15) is 0 Å². The van der Waals surface area contributed by atoms with Crippen molar-refractivity contribution >= 4 is 70.6 Å². The summed E-state index contributed by atoms with van der Waals surface area (Å²) in [5, 5.41) is 0.358. The summed E-state index contributed by atoms with van der Waals surface area (Å²) in [5.41, 5.74) is 1.36. The first-order valence-electron chi connectivity index (χ1n) is 8.35. The zero-order chi connectivity index (χ0) is 22.1. The van der Waals surface area contributed by atoms with Crippen LogP contribution in [0.25, 0.3) is 0 Å². The Morgan fingerprint density at radius 3 is 1.93 bits per heavy atom. The summed E-state index contributed by atoms with van der Waals surface area (Å²) in [7, 11) is -7.81. The summed E-state index contributed by atoms with van der Waals surface area (Å²) in [4.78, 5) is -0.126. The van der Waals surface area contributed by atoms with E-state index < -0.39 is 20.0 Å². The van der Waals surface area contributed by atoms with Crippen LogP contribution in [0.2, 0.25) is 10.0 Å². The van der Waals surface area contributed by atoms with Crippen molar-refractivity contribution < 1.29 is 16.8 Å². The molecule has 11 heteroatoms. The fraction of sp³-hybridized carbons (Fsp3) is 0.0526. The lowest BCUT2D eigenvalue weighted by atomic mass is 10.2. The van der Waals surface area contributed by atoms with Crippen LogP contribution in [0.3, 0.4) is 0 Å². The van der Waals surface area contributed by atoms with Crippen molar-refractivity contribution in [3.05, 3.63) is 80.7 Å². The lowest BCUT2D eigenvalue weighted by Gasteiger charge is -2.13. The molecule has 3 aromatic rings. The summed E-state index contributed by atoms with van der Waals surface area (Å²) in [5.74, 6) is 0. The van der Waals surface area contributed by atoms with Gasteiger partial charge in [-0.1, -0.05) is 45.2 Å². The third-order valence-electron chi connectivity index (χ3n) is 4.08. The molecule has 0 saturated carbocycles. The molecule has 0 saturated heterocycles. The van der Waals surface area contributed by atoms with Crippen molar-refractivity contribution in [3.63, 3.8) is 0 Å². The fourth-order valence-electron chi connectivity index (χ4n) is 2.52. The number of anilines is 2. The monoisotopic (exact) mass is 548 g/mol. The lowest BCUT2D eigenvalue weighted by Crippen LogP contribution is -2.15. The van der Waals surface area contributed by atoms with Crippen molar-refractivity contribution in [3.8, 4) is 0 Å². The minimum atomic E-state index is -3.95. The molecule has 3 rings (SSSR count). The second kappa shape index (κ2) is 8.76. The summed E-state index contributed by atoms with van der Waals surface area (Å²) >= 11 is 15.1. The van der Waals surface area contributed by atoms with E-state index in [0.717, 1.165) is 10.0 Å². The summed E-state index contributed by atoms with van der Waals surface area (Å²) in [6.45, 7) is 1.78. The molecule has 0 heterocycles. The van der Waals surface area contributed by atoms with Gasteiger partial charge in [0, 0.05) is 20.2 Å². The standard InChI is InChI=1S/C19H15BrCl2N2O4S2/c1-12-18(20)3-2-4-19(12)24-29(25,26)16-7-5-15(6-8-16)23-30(27,28)17-10-13(21)9-14(22)11-17/h2-11,23-24H,1H3. The second-order valence-electron chi connectivity index (χ2n) is 6.25. The van der Waals surface area contributed by atoms with E-state index in [1.165, 1.54) is 42.5 Å². The van der Waals surface area contributed by atoms with Crippen LogP contribution in [0.15, 0.2) is 74.9 Å². The number of nitrogens with one attached hydrogen (secondary N) is 2. The molecule has 6 nitrogen and oxygen atoms in total. The Balaban J connectivity index is 1.82. The zero-order valence-corrected chi connectivity index (χ0v) is 20.1. The van der Waals surface area contributed by atoms with Gasteiger partial charge in [-0.3, -0.25) is 9.44 Å². The van der Waals surface area contributed by atoms with Crippen LogP contribution in [-0.2, 0) is 20.0 Å². The molecule has 3 aromatic carbocycles. The average molecular weight is 550 g/mol. The highest BCUT2D eigenvalue weighted by molar-refractivity contribution is 9.10. The molecule has 2 N–H and O–H groups in total. The third kappa shape index (κ3) is 5.28. The number of benzene rings is 3. The van der Waals surface area contributed by atoms with E-state index in [-0.39, 0.29) is 25.5 Å². The van der Waals surface area contributed by atoms with Crippen LogP contribution in [0.1, 0.15) is 5.56 Å². The van der Waals surface area contributed by atoms with Gasteiger partial charge in [0.2, 0.25) is 0 Å². The fourth-order valence-corrected chi connectivity index (χ4v) is 5.79. The van der Waals surface area contributed by atoms with Crippen molar-refractivity contribution in [2.24, 2.45) is 0 Å². The largest absolute Gasteiger partial charge is 0.280 e. The molecule has 0 bridgehead atoms. The van der Waals surface area contributed by atoms with Gasteiger partial charge in [0.1, 0.15) is 0 Å². The van der Waals surface area contributed by atoms with Gasteiger partial charge in [-0.05, 0) is 67.1 Å². The molecule has 0 aliphatic heterocycles. The highest BCUT2D eigenvalue weighted by Gasteiger charge is 2.18. The normalized spacial score (nSPS) is 11.9. The summed E-state index contributed by atoms with van der Waals surface area (Å²) < 4.78 is 56.1. The highest BCUT2D eigenvalue weighted by Crippen LogP contribution is 2.27. The van der Waals surface area contributed by atoms with E-state index >= 15 is 0 Å². The maximum Gasteiger partial charge on any atom is 0.261 e. The zero-order valence-electron chi connectivity index (χ0n) is 15.4. The first-order chi connectivity index (χ1) is 14.0. The molecule has 0 radical (unpaired) electrons. The van der Waals surface area contributed by atoms with Gasteiger partial charge < -0.3 is 0 Å². The summed E-state index contributed by atoms with van der Waals surface area (Å²) in [6, 6.07) is 14.4. The number of hydrogen-bond donors (Lipinski definition) is 2. The maximum atomic E-state index is 12.7. The Morgan fingerprint density at radius 2 is 1.33 bits per heavy atom.